The molecule has 1 rings (SSSR count). The highest BCUT2D eigenvalue weighted by Crippen LogP contribution is 2.05. The molecular weight excluding hydrogens is 182 g/mol. The average molecular weight is 201 g/mol. The Morgan fingerprint density at radius 2 is 2.43 bits per heavy atom. The fourth-order valence-electron chi connectivity index (χ4n) is 1.37. The van der Waals surface area contributed by atoms with Crippen LogP contribution in [0, 0.1) is 0 Å². The van der Waals surface area contributed by atoms with Crippen LogP contribution in [0.2, 0.25) is 0 Å². The van der Waals surface area contributed by atoms with E-state index < -0.39 is 0 Å². The maximum Gasteiger partial charge on any atom is 0.246 e. The smallest absolute Gasteiger partial charge is 0.246 e. The molecule has 1 unspecified atom stereocenters. The van der Waals surface area contributed by atoms with Gasteiger partial charge in [-0.3, -0.25) is 4.79 Å². The largest absolute Gasteiger partial charge is 0.379 e. The van der Waals surface area contributed by atoms with Crippen LogP contribution in [0.3, 0.4) is 0 Å². The SMILES string of the molecule is CC(C)OCC(=O)NC1CCCOC1. The van der Waals surface area contributed by atoms with Crippen molar-refractivity contribution < 1.29 is 14.3 Å². The van der Waals surface area contributed by atoms with Crippen LogP contribution >= 0.6 is 0 Å². The Hall–Kier alpha value is -0.610. The van der Waals surface area contributed by atoms with E-state index in [2.05, 4.69) is 5.32 Å². The van der Waals surface area contributed by atoms with Gasteiger partial charge >= 0.3 is 0 Å². The summed E-state index contributed by atoms with van der Waals surface area (Å²) in [6.07, 6.45) is 2.13. The van der Waals surface area contributed by atoms with E-state index in [-0.39, 0.29) is 24.7 Å². The number of carbonyl (C=O) groups is 1. The molecule has 0 bridgehead atoms. The first-order valence-electron chi connectivity index (χ1n) is 5.17. The summed E-state index contributed by atoms with van der Waals surface area (Å²) < 4.78 is 10.4. The lowest BCUT2D eigenvalue weighted by molar-refractivity contribution is -0.128. The summed E-state index contributed by atoms with van der Waals surface area (Å²) in [5.74, 6) is -0.0470. The maximum absolute atomic E-state index is 11.3. The van der Waals surface area contributed by atoms with Crippen LogP contribution in [0.15, 0.2) is 0 Å². The standard InChI is InChI=1S/C10H19NO3/c1-8(2)14-7-10(12)11-9-4-3-5-13-6-9/h8-9H,3-7H2,1-2H3,(H,11,12). The van der Waals surface area contributed by atoms with Crippen LogP contribution < -0.4 is 5.32 Å². The van der Waals surface area contributed by atoms with Crippen LogP contribution in [0.25, 0.3) is 0 Å². The van der Waals surface area contributed by atoms with Crippen LogP contribution in [-0.2, 0) is 14.3 Å². The Morgan fingerprint density at radius 3 is 3.00 bits per heavy atom. The van der Waals surface area contributed by atoms with E-state index in [0.29, 0.717) is 6.61 Å². The molecule has 1 aliphatic rings. The van der Waals surface area contributed by atoms with Crippen LogP contribution in [0.5, 0.6) is 0 Å². The molecule has 1 fully saturated rings. The summed E-state index contributed by atoms with van der Waals surface area (Å²) in [6.45, 7) is 5.42. The monoisotopic (exact) mass is 201 g/mol. The Kier molecular flexibility index (Phi) is 4.90. The number of carbonyl (C=O) groups excluding carboxylic acids is 1. The quantitative estimate of drug-likeness (QED) is 0.728. The third-order valence-corrected chi connectivity index (χ3v) is 2.07. The lowest BCUT2D eigenvalue weighted by atomic mass is 10.1. The summed E-state index contributed by atoms with van der Waals surface area (Å²) in [7, 11) is 0. The van der Waals surface area contributed by atoms with Gasteiger partial charge in [0.2, 0.25) is 5.91 Å². The molecular formula is C10H19NO3. The normalized spacial score (nSPS) is 22.4. The van der Waals surface area contributed by atoms with E-state index >= 15 is 0 Å². The molecule has 4 nitrogen and oxygen atoms in total. The predicted octanol–water partition coefficient (Wildman–Crippen LogP) is 0.707. The Bertz CT molecular complexity index is 176. The third-order valence-electron chi connectivity index (χ3n) is 2.07. The topological polar surface area (TPSA) is 47.6 Å². The number of amides is 1. The molecule has 0 aromatic rings. The number of nitrogens with one attached hydrogen (secondary N) is 1. The first-order chi connectivity index (χ1) is 6.68. The van der Waals surface area contributed by atoms with E-state index in [0.717, 1.165) is 19.4 Å². The predicted molar refractivity (Wildman–Crippen MR) is 53.1 cm³/mol. The maximum atomic E-state index is 11.3. The molecule has 0 aliphatic carbocycles. The van der Waals surface area contributed by atoms with Crippen molar-refractivity contribution in [2.24, 2.45) is 0 Å². The molecule has 14 heavy (non-hydrogen) atoms. The number of ether oxygens (including phenoxy) is 2. The van der Waals surface area contributed by atoms with Gasteiger partial charge in [-0.05, 0) is 26.7 Å². The van der Waals surface area contributed by atoms with Crippen molar-refractivity contribution in [2.75, 3.05) is 19.8 Å². The molecule has 0 aromatic carbocycles. The Morgan fingerprint density at radius 1 is 1.64 bits per heavy atom. The van der Waals surface area contributed by atoms with Gasteiger partial charge in [-0.2, -0.15) is 0 Å². The summed E-state index contributed by atoms with van der Waals surface area (Å²) in [5, 5.41) is 2.89. The summed E-state index contributed by atoms with van der Waals surface area (Å²) >= 11 is 0. The Labute approximate surface area is 85.0 Å². The van der Waals surface area contributed by atoms with E-state index in [4.69, 9.17) is 9.47 Å². The second-order valence-electron chi connectivity index (χ2n) is 3.84. The first kappa shape index (κ1) is 11.5. The average Bonchev–Trinajstić information content (AvgIpc) is 2.16. The van der Waals surface area contributed by atoms with E-state index in [9.17, 15) is 4.79 Å². The summed E-state index contributed by atoms with van der Waals surface area (Å²) in [6, 6.07) is 0.173. The van der Waals surface area contributed by atoms with Gasteiger partial charge in [0.25, 0.3) is 0 Å². The van der Waals surface area contributed by atoms with E-state index in [1.54, 1.807) is 0 Å². The minimum atomic E-state index is -0.0470. The fraction of sp³-hybridized carbons (Fsp3) is 0.900. The fourth-order valence-corrected chi connectivity index (χ4v) is 1.37. The molecule has 0 saturated carbocycles. The minimum Gasteiger partial charge on any atom is -0.379 e. The van der Waals surface area contributed by atoms with Crippen LogP contribution in [-0.4, -0.2) is 37.9 Å². The Balaban J connectivity index is 2.12. The van der Waals surface area contributed by atoms with Gasteiger partial charge in [-0.15, -0.1) is 0 Å². The number of hydrogen-bond donors (Lipinski definition) is 1. The van der Waals surface area contributed by atoms with Crippen molar-refractivity contribution >= 4 is 5.91 Å². The second kappa shape index (κ2) is 5.98. The molecule has 1 saturated heterocycles. The minimum absolute atomic E-state index is 0.0470. The summed E-state index contributed by atoms with van der Waals surface area (Å²) in [4.78, 5) is 11.3. The molecule has 0 aromatic heterocycles. The lowest BCUT2D eigenvalue weighted by Crippen LogP contribution is -2.42. The van der Waals surface area contributed by atoms with Gasteiger partial charge in [0.1, 0.15) is 6.61 Å². The molecule has 1 atom stereocenters. The highest BCUT2D eigenvalue weighted by Gasteiger charge is 2.15. The molecule has 1 amide bonds. The van der Waals surface area contributed by atoms with Gasteiger partial charge in [0, 0.05) is 6.61 Å². The molecule has 1 aliphatic heterocycles. The van der Waals surface area contributed by atoms with Gasteiger partial charge in [0.15, 0.2) is 0 Å². The zero-order valence-corrected chi connectivity index (χ0v) is 8.91. The van der Waals surface area contributed by atoms with E-state index in [1.807, 2.05) is 13.8 Å². The van der Waals surface area contributed by atoms with Crippen LogP contribution in [0.1, 0.15) is 26.7 Å². The van der Waals surface area contributed by atoms with Gasteiger partial charge in [-0.1, -0.05) is 0 Å². The molecule has 0 radical (unpaired) electrons. The lowest BCUT2D eigenvalue weighted by Gasteiger charge is -2.23. The zero-order chi connectivity index (χ0) is 10.4. The molecule has 0 spiro atoms. The van der Waals surface area contributed by atoms with Crippen molar-refractivity contribution in [1.29, 1.82) is 0 Å². The highest BCUT2D eigenvalue weighted by atomic mass is 16.5. The molecule has 4 heteroatoms. The van der Waals surface area contributed by atoms with Crippen molar-refractivity contribution in [1.82, 2.24) is 5.32 Å². The van der Waals surface area contributed by atoms with Crippen molar-refractivity contribution in [2.45, 2.75) is 38.8 Å². The highest BCUT2D eigenvalue weighted by molar-refractivity contribution is 5.77. The zero-order valence-electron chi connectivity index (χ0n) is 8.91. The second-order valence-corrected chi connectivity index (χ2v) is 3.84. The molecule has 1 heterocycles. The third kappa shape index (κ3) is 4.58. The molecule has 1 N–H and O–H groups in total. The van der Waals surface area contributed by atoms with Crippen molar-refractivity contribution in [3.63, 3.8) is 0 Å². The van der Waals surface area contributed by atoms with Gasteiger partial charge < -0.3 is 14.8 Å². The number of rotatable bonds is 4. The molecule has 82 valence electrons. The first-order valence-corrected chi connectivity index (χ1v) is 5.17. The van der Waals surface area contributed by atoms with Crippen molar-refractivity contribution in [3.8, 4) is 0 Å². The number of hydrogen-bond acceptors (Lipinski definition) is 3. The van der Waals surface area contributed by atoms with E-state index in [1.165, 1.54) is 0 Å². The van der Waals surface area contributed by atoms with Gasteiger partial charge in [-0.25, -0.2) is 0 Å². The summed E-state index contributed by atoms with van der Waals surface area (Å²) in [5.41, 5.74) is 0. The van der Waals surface area contributed by atoms with Crippen LogP contribution in [0.4, 0.5) is 0 Å². The van der Waals surface area contributed by atoms with Gasteiger partial charge in [0.05, 0.1) is 18.8 Å². The van der Waals surface area contributed by atoms with Crippen molar-refractivity contribution in [3.05, 3.63) is 0 Å².